The van der Waals surface area contributed by atoms with E-state index in [1.54, 1.807) is 0 Å². The summed E-state index contributed by atoms with van der Waals surface area (Å²) < 4.78 is 5.52. The van der Waals surface area contributed by atoms with Crippen molar-refractivity contribution in [3.63, 3.8) is 0 Å². The molecule has 1 fully saturated rings. The summed E-state index contributed by atoms with van der Waals surface area (Å²) >= 11 is 0. The number of dihydropyridines is 1. The number of carbonyl (C=O) groups is 2. The number of nitrogens with one attached hydrogen (secondary N) is 3. The predicted octanol–water partition coefficient (Wildman–Crippen LogP) is 4.97. The number of piperidine rings is 1. The first-order valence-electron chi connectivity index (χ1n) is 15.0. The molecule has 1 aromatic heterocycles. The second-order valence-electron chi connectivity index (χ2n) is 13.2. The van der Waals surface area contributed by atoms with E-state index in [9.17, 15) is 9.59 Å². The standard InChI is InChI=1S/C33H45N5O3/c1-22-6-9-28(30(36-22)35-21-39)33(5)18-25-16-24-7-8-27(37-29(24)17-26(25)19-33)20-34-13-10-23-11-14-38(15-12-23)31(40)41-32(2,3)4/h6-9,16-17,21-23,34,36H,10-15,18-20H2,1-5H3,(H,35,39). The van der Waals surface area contributed by atoms with Crippen molar-refractivity contribution in [2.45, 2.75) is 84.9 Å². The van der Waals surface area contributed by atoms with E-state index in [0.29, 0.717) is 5.92 Å². The van der Waals surface area contributed by atoms with Crippen molar-refractivity contribution in [3.05, 3.63) is 64.6 Å². The van der Waals surface area contributed by atoms with Gasteiger partial charge < -0.3 is 25.6 Å². The van der Waals surface area contributed by atoms with Gasteiger partial charge in [-0.2, -0.15) is 0 Å². The van der Waals surface area contributed by atoms with Crippen molar-refractivity contribution in [1.82, 2.24) is 25.8 Å². The van der Waals surface area contributed by atoms with Crippen LogP contribution in [0.25, 0.3) is 10.9 Å². The molecule has 2 atom stereocenters. The Morgan fingerprint density at radius 3 is 2.63 bits per heavy atom. The lowest BCUT2D eigenvalue weighted by molar-refractivity contribution is -0.109. The molecule has 0 saturated carbocycles. The van der Waals surface area contributed by atoms with Gasteiger partial charge in [-0.3, -0.25) is 9.78 Å². The quantitative estimate of drug-likeness (QED) is 0.312. The number of likely N-dealkylation sites (tertiary alicyclic amines) is 1. The lowest BCUT2D eigenvalue weighted by Gasteiger charge is -2.33. The summed E-state index contributed by atoms with van der Waals surface area (Å²) in [6.45, 7) is 13.3. The number of aromatic nitrogens is 1. The minimum absolute atomic E-state index is 0.0951. The third-order valence-corrected chi connectivity index (χ3v) is 8.58. The second-order valence-corrected chi connectivity index (χ2v) is 13.2. The molecule has 220 valence electrons. The monoisotopic (exact) mass is 559 g/mol. The van der Waals surface area contributed by atoms with Gasteiger partial charge in [0.25, 0.3) is 0 Å². The van der Waals surface area contributed by atoms with E-state index in [2.05, 4.69) is 66.2 Å². The maximum atomic E-state index is 12.3. The van der Waals surface area contributed by atoms with Crippen molar-refractivity contribution in [1.29, 1.82) is 0 Å². The van der Waals surface area contributed by atoms with Crippen LogP contribution in [0.1, 0.15) is 70.7 Å². The zero-order valence-electron chi connectivity index (χ0n) is 25.2. The van der Waals surface area contributed by atoms with Gasteiger partial charge >= 0.3 is 6.09 Å². The number of hydrogen-bond donors (Lipinski definition) is 3. The van der Waals surface area contributed by atoms with Gasteiger partial charge in [0.05, 0.1) is 11.2 Å². The largest absolute Gasteiger partial charge is 0.444 e. The number of allylic oxidation sites excluding steroid dienone is 2. The Bertz CT molecular complexity index is 1350. The smallest absolute Gasteiger partial charge is 0.410 e. The maximum absolute atomic E-state index is 12.3. The first-order valence-corrected chi connectivity index (χ1v) is 15.0. The van der Waals surface area contributed by atoms with Crippen LogP contribution in [-0.2, 0) is 28.9 Å². The van der Waals surface area contributed by atoms with E-state index in [1.807, 2.05) is 25.7 Å². The number of amides is 2. The first kappa shape index (κ1) is 29.1. The van der Waals surface area contributed by atoms with Crippen LogP contribution in [0, 0.1) is 11.3 Å². The molecular formula is C33H45N5O3. The van der Waals surface area contributed by atoms with Crippen LogP contribution in [0.5, 0.6) is 0 Å². The van der Waals surface area contributed by atoms with Crippen molar-refractivity contribution in [2.24, 2.45) is 11.3 Å². The number of nitrogens with zero attached hydrogens (tertiary/aromatic N) is 2. The Morgan fingerprint density at radius 2 is 1.93 bits per heavy atom. The van der Waals surface area contributed by atoms with E-state index >= 15 is 0 Å². The maximum Gasteiger partial charge on any atom is 0.410 e. The molecule has 0 spiro atoms. The normalized spacial score (nSPS) is 23.0. The molecule has 2 unspecified atom stereocenters. The average Bonchev–Trinajstić information content (AvgIpc) is 3.25. The Hall–Kier alpha value is -3.39. The molecule has 8 nitrogen and oxygen atoms in total. The number of pyridine rings is 1. The fourth-order valence-corrected chi connectivity index (χ4v) is 6.44. The summed E-state index contributed by atoms with van der Waals surface area (Å²) in [5.41, 5.74) is 5.38. The molecule has 3 aliphatic rings. The third kappa shape index (κ3) is 6.92. The van der Waals surface area contributed by atoms with E-state index in [4.69, 9.17) is 9.72 Å². The zero-order chi connectivity index (χ0) is 29.2. The van der Waals surface area contributed by atoms with Gasteiger partial charge in [-0.25, -0.2) is 4.79 Å². The molecule has 2 aromatic rings. The van der Waals surface area contributed by atoms with Crippen LogP contribution < -0.4 is 16.0 Å². The molecule has 41 heavy (non-hydrogen) atoms. The summed E-state index contributed by atoms with van der Waals surface area (Å²) in [5, 5.41) is 11.0. The molecule has 3 N–H and O–H groups in total. The van der Waals surface area contributed by atoms with Gasteiger partial charge in [-0.1, -0.05) is 25.1 Å². The number of benzene rings is 1. The highest BCUT2D eigenvalue weighted by Crippen LogP contribution is 2.45. The van der Waals surface area contributed by atoms with Crippen LogP contribution in [0.2, 0.25) is 0 Å². The lowest BCUT2D eigenvalue weighted by Crippen LogP contribution is -2.42. The van der Waals surface area contributed by atoms with Gasteiger partial charge in [0.2, 0.25) is 6.41 Å². The molecule has 1 aromatic carbocycles. The highest BCUT2D eigenvalue weighted by atomic mass is 16.6. The topological polar surface area (TPSA) is 95.6 Å². The Balaban J connectivity index is 1.15. The van der Waals surface area contributed by atoms with Gasteiger partial charge in [-0.15, -0.1) is 0 Å². The van der Waals surface area contributed by atoms with E-state index in [0.717, 1.165) is 87.3 Å². The summed E-state index contributed by atoms with van der Waals surface area (Å²) in [4.78, 5) is 30.4. The van der Waals surface area contributed by atoms with Gasteiger partial charge in [0.15, 0.2) is 0 Å². The van der Waals surface area contributed by atoms with Crippen LogP contribution in [0.15, 0.2) is 47.8 Å². The number of ether oxygens (including phenoxy) is 1. The number of carbonyl (C=O) groups excluding carboxylic acids is 2. The highest BCUT2D eigenvalue weighted by Gasteiger charge is 2.38. The minimum atomic E-state index is -0.449. The highest BCUT2D eigenvalue weighted by molar-refractivity contribution is 5.81. The number of fused-ring (bicyclic) bond motifs is 2. The van der Waals surface area contributed by atoms with Crippen molar-refractivity contribution < 1.29 is 14.3 Å². The van der Waals surface area contributed by atoms with Crippen LogP contribution in [0.3, 0.4) is 0 Å². The molecule has 8 heteroatoms. The molecule has 5 rings (SSSR count). The lowest BCUT2D eigenvalue weighted by atomic mass is 9.78. The van der Waals surface area contributed by atoms with Crippen LogP contribution in [-0.4, -0.2) is 53.7 Å². The number of hydrogen-bond acceptors (Lipinski definition) is 6. The van der Waals surface area contributed by atoms with E-state index < -0.39 is 5.60 Å². The Labute approximate surface area is 244 Å². The van der Waals surface area contributed by atoms with E-state index in [-0.39, 0.29) is 17.6 Å². The first-order chi connectivity index (χ1) is 19.5. The van der Waals surface area contributed by atoms with Crippen molar-refractivity contribution >= 4 is 23.4 Å². The second kappa shape index (κ2) is 11.8. The van der Waals surface area contributed by atoms with Crippen molar-refractivity contribution in [3.8, 4) is 0 Å². The molecular weight excluding hydrogens is 514 g/mol. The fraction of sp³-hybridized carbons (Fsp3) is 0.545. The van der Waals surface area contributed by atoms with Crippen LogP contribution in [0.4, 0.5) is 4.79 Å². The third-order valence-electron chi connectivity index (χ3n) is 8.58. The molecule has 0 radical (unpaired) electrons. The summed E-state index contributed by atoms with van der Waals surface area (Å²) in [6.07, 6.45) is 9.87. The average molecular weight is 560 g/mol. The van der Waals surface area contributed by atoms with Gasteiger partial charge in [0.1, 0.15) is 11.4 Å². The Kier molecular flexibility index (Phi) is 8.41. The van der Waals surface area contributed by atoms with Crippen LogP contribution >= 0.6 is 0 Å². The minimum Gasteiger partial charge on any atom is -0.444 e. The molecule has 1 aliphatic carbocycles. The molecule has 0 bridgehead atoms. The number of rotatable bonds is 8. The van der Waals surface area contributed by atoms with Crippen molar-refractivity contribution in [2.75, 3.05) is 19.6 Å². The predicted molar refractivity (Wildman–Crippen MR) is 162 cm³/mol. The SMILES string of the molecule is CC1C=CC(C2(C)Cc3cc4ccc(CNCCC5CCN(C(=O)OC(C)(C)C)CC5)nc4cc3C2)=C(NC=O)N1. The van der Waals surface area contributed by atoms with Gasteiger partial charge in [0, 0.05) is 36.5 Å². The fourth-order valence-electron chi connectivity index (χ4n) is 6.44. The van der Waals surface area contributed by atoms with Gasteiger partial charge in [-0.05, 0) is 107 Å². The Morgan fingerprint density at radius 1 is 1.20 bits per heavy atom. The molecule has 3 heterocycles. The summed E-state index contributed by atoms with van der Waals surface area (Å²) in [5.74, 6) is 1.44. The van der Waals surface area contributed by atoms with E-state index in [1.165, 1.54) is 16.5 Å². The molecule has 2 amide bonds. The summed E-state index contributed by atoms with van der Waals surface area (Å²) in [6, 6.07) is 9.04. The zero-order valence-corrected chi connectivity index (χ0v) is 25.2. The molecule has 2 aliphatic heterocycles. The molecule has 1 saturated heterocycles. The summed E-state index contributed by atoms with van der Waals surface area (Å²) in [7, 11) is 0.